The Morgan fingerprint density at radius 2 is 2.07 bits per heavy atom. The van der Waals surface area contributed by atoms with Crippen LogP contribution in [0, 0.1) is 22.2 Å². The molecule has 0 radical (unpaired) electrons. The first-order valence-electron chi connectivity index (χ1n) is 8.54. The highest BCUT2D eigenvalue weighted by atomic mass is 32.1. The minimum Gasteiger partial charge on any atom is -0.446 e. The number of thiazole rings is 1. The molecule has 1 saturated carbocycles. The number of carbonyl (C=O) groups excluding carboxylic acids is 2. The summed E-state index contributed by atoms with van der Waals surface area (Å²) in [5.41, 5.74) is -2.20. The molecule has 1 aromatic carbocycles. The van der Waals surface area contributed by atoms with E-state index in [1.54, 1.807) is 0 Å². The number of hydrogen-bond donors (Lipinski definition) is 0. The van der Waals surface area contributed by atoms with Gasteiger partial charge in [-0.05, 0) is 31.9 Å². The van der Waals surface area contributed by atoms with Crippen LogP contribution in [0.25, 0.3) is 10.2 Å². The van der Waals surface area contributed by atoms with Gasteiger partial charge in [0.1, 0.15) is 6.07 Å². The smallest absolute Gasteiger partial charge is 0.378 e. The number of fused-ring (bicyclic) bond motifs is 3. The van der Waals surface area contributed by atoms with E-state index in [1.165, 1.54) is 11.3 Å². The Hall–Kier alpha value is -2.79. The van der Waals surface area contributed by atoms with E-state index in [0.717, 1.165) is 10.2 Å². The number of para-hydroxylation sites is 1. The Bertz CT molecular complexity index is 1020. The van der Waals surface area contributed by atoms with Crippen LogP contribution in [0.1, 0.15) is 38.6 Å². The first-order chi connectivity index (χ1) is 12.7. The molecule has 8 heteroatoms. The molecule has 1 aliphatic carbocycles. The lowest BCUT2D eigenvalue weighted by atomic mass is 9.66. The molecule has 2 fully saturated rings. The van der Waals surface area contributed by atoms with Crippen LogP contribution in [0.2, 0.25) is 0 Å². The second-order valence-corrected chi connectivity index (χ2v) is 8.62. The zero-order chi connectivity index (χ0) is 19.4. The molecule has 0 N–H and O–H groups in total. The van der Waals surface area contributed by atoms with Gasteiger partial charge in [-0.3, -0.25) is 4.79 Å². The Labute approximate surface area is 159 Å². The summed E-state index contributed by atoms with van der Waals surface area (Å²) >= 11 is 1.29. The van der Waals surface area contributed by atoms with Crippen LogP contribution in [0.15, 0.2) is 29.4 Å². The standard InChI is InChI=1S/C19H17N3O4S/c1-17(2)18(3)8-9-19(17,25-15(18)23)16(24)26-22-12(10-20)14-21-11-6-4-5-7-13(11)27-14/h4-7H,8-9H2,1-3H3/b22-12-/t18-,19-/m1/s1. The van der Waals surface area contributed by atoms with Crippen molar-refractivity contribution in [3.63, 3.8) is 0 Å². The average Bonchev–Trinajstić information content (AvgIpc) is 3.20. The van der Waals surface area contributed by atoms with Gasteiger partial charge >= 0.3 is 11.9 Å². The SMILES string of the molecule is CC1(C)[C@]2(C)CC[C@]1(C(=O)O/N=C(/C#N)c1nc3ccccc3s1)OC2=O. The van der Waals surface area contributed by atoms with Gasteiger partial charge in [0.25, 0.3) is 0 Å². The van der Waals surface area contributed by atoms with Gasteiger partial charge < -0.3 is 9.57 Å². The van der Waals surface area contributed by atoms with E-state index in [4.69, 9.17) is 9.57 Å². The number of ether oxygens (including phenoxy) is 1. The van der Waals surface area contributed by atoms with Crippen molar-refractivity contribution in [3.05, 3.63) is 29.3 Å². The van der Waals surface area contributed by atoms with Gasteiger partial charge in [-0.2, -0.15) is 5.26 Å². The van der Waals surface area contributed by atoms with Gasteiger partial charge in [-0.25, -0.2) is 9.78 Å². The minimum absolute atomic E-state index is 0.0937. The van der Waals surface area contributed by atoms with Crippen molar-refractivity contribution in [1.82, 2.24) is 4.98 Å². The Kier molecular flexibility index (Phi) is 3.65. The zero-order valence-corrected chi connectivity index (χ0v) is 15.9. The number of nitrogens with zero attached hydrogens (tertiary/aromatic N) is 3. The van der Waals surface area contributed by atoms with Crippen LogP contribution in [0.5, 0.6) is 0 Å². The largest absolute Gasteiger partial charge is 0.446 e. The molecule has 2 heterocycles. The summed E-state index contributed by atoms with van der Waals surface area (Å²) in [6.45, 7) is 5.46. The lowest BCUT2D eigenvalue weighted by Gasteiger charge is -2.33. The molecule has 1 aliphatic heterocycles. The zero-order valence-electron chi connectivity index (χ0n) is 15.1. The van der Waals surface area contributed by atoms with Crippen LogP contribution in [-0.2, 0) is 19.2 Å². The topological polar surface area (TPSA) is 102 Å². The molecule has 2 aliphatic rings. The number of esters is 1. The molecule has 0 amide bonds. The lowest BCUT2D eigenvalue weighted by Crippen LogP contribution is -2.48. The second-order valence-electron chi connectivity index (χ2n) is 7.59. The van der Waals surface area contributed by atoms with Gasteiger partial charge in [0, 0.05) is 5.41 Å². The number of oxime groups is 1. The van der Waals surface area contributed by atoms with Crippen molar-refractivity contribution in [2.45, 2.75) is 39.2 Å². The monoisotopic (exact) mass is 383 g/mol. The van der Waals surface area contributed by atoms with Gasteiger partial charge in [-0.1, -0.05) is 31.1 Å². The molecule has 2 atom stereocenters. The van der Waals surface area contributed by atoms with E-state index >= 15 is 0 Å². The summed E-state index contributed by atoms with van der Waals surface area (Å²) in [4.78, 5) is 34.5. The third-order valence-corrected chi connectivity index (χ3v) is 7.28. The molecular weight excluding hydrogens is 366 g/mol. The Balaban J connectivity index is 1.63. The molecule has 4 rings (SSSR count). The van der Waals surface area contributed by atoms with Gasteiger partial charge in [0.2, 0.25) is 11.3 Å². The number of hydrogen-bond acceptors (Lipinski definition) is 8. The van der Waals surface area contributed by atoms with Crippen molar-refractivity contribution in [2.75, 3.05) is 0 Å². The first kappa shape index (κ1) is 17.6. The molecule has 0 unspecified atom stereocenters. The molecule has 1 aromatic heterocycles. The second kappa shape index (κ2) is 5.60. The van der Waals surface area contributed by atoms with Crippen LogP contribution in [-0.4, -0.2) is 28.2 Å². The Morgan fingerprint density at radius 1 is 1.33 bits per heavy atom. The number of rotatable bonds is 3. The van der Waals surface area contributed by atoms with E-state index in [1.807, 2.05) is 51.1 Å². The van der Waals surface area contributed by atoms with Gasteiger partial charge in [-0.15, -0.1) is 11.3 Å². The quantitative estimate of drug-likeness (QED) is 0.349. The molecule has 7 nitrogen and oxygen atoms in total. The number of aromatic nitrogens is 1. The fraction of sp³-hybridized carbons (Fsp3) is 0.421. The normalized spacial score (nSPS) is 28.8. The van der Waals surface area contributed by atoms with E-state index in [9.17, 15) is 14.9 Å². The van der Waals surface area contributed by atoms with Crippen LogP contribution < -0.4 is 0 Å². The molecule has 2 aromatic rings. The molecular formula is C19H17N3O4S. The van der Waals surface area contributed by atoms with Gasteiger partial charge in [0.15, 0.2) is 5.01 Å². The van der Waals surface area contributed by atoms with E-state index in [0.29, 0.717) is 17.8 Å². The molecule has 27 heavy (non-hydrogen) atoms. The molecule has 0 spiro atoms. The summed E-state index contributed by atoms with van der Waals surface area (Å²) < 4.78 is 6.37. The minimum atomic E-state index is -1.38. The van der Waals surface area contributed by atoms with Crippen LogP contribution >= 0.6 is 11.3 Å². The van der Waals surface area contributed by atoms with Crippen molar-refractivity contribution < 1.29 is 19.2 Å². The fourth-order valence-electron chi connectivity index (χ4n) is 3.94. The summed E-state index contributed by atoms with van der Waals surface area (Å²) in [7, 11) is 0. The van der Waals surface area contributed by atoms with Crippen molar-refractivity contribution in [1.29, 1.82) is 5.26 Å². The number of carbonyl (C=O) groups is 2. The fourth-order valence-corrected chi connectivity index (χ4v) is 4.84. The molecule has 1 saturated heterocycles. The summed E-state index contributed by atoms with van der Waals surface area (Å²) in [5, 5.41) is 13.5. The highest BCUT2D eigenvalue weighted by Gasteiger charge is 2.76. The van der Waals surface area contributed by atoms with Gasteiger partial charge in [0.05, 0.1) is 15.6 Å². The van der Waals surface area contributed by atoms with E-state index in [2.05, 4.69) is 10.1 Å². The summed E-state index contributed by atoms with van der Waals surface area (Å²) in [6, 6.07) is 9.35. The van der Waals surface area contributed by atoms with Crippen molar-refractivity contribution >= 4 is 39.2 Å². The highest BCUT2D eigenvalue weighted by Crippen LogP contribution is 2.65. The number of nitriles is 1. The van der Waals surface area contributed by atoms with E-state index < -0.39 is 28.4 Å². The Morgan fingerprint density at radius 3 is 2.67 bits per heavy atom. The summed E-state index contributed by atoms with van der Waals surface area (Å²) in [6.07, 6.45) is 0.917. The highest BCUT2D eigenvalue weighted by molar-refractivity contribution is 7.20. The van der Waals surface area contributed by atoms with Crippen LogP contribution in [0.4, 0.5) is 0 Å². The average molecular weight is 383 g/mol. The predicted octanol–water partition coefficient (Wildman–Crippen LogP) is 3.19. The lowest BCUT2D eigenvalue weighted by molar-refractivity contribution is -0.183. The van der Waals surface area contributed by atoms with E-state index in [-0.39, 0.29) is 5.71 Å². The maximum absolute atomic E-state index is 12.8. The third kappa shape index (κ3) is 2.18. The maximum Gasteiger partial charge on any atom is 0.378 e. The van der Waals surface area contributed by atoms with Crippen LogP contribution in [0.3, 0.4) is 0 Å². The van der Waals surface area contributed by atoms with Crippen molar-refractivity contribution in [2.24, 2.45) is 16.0 Å². The summed E-state index contributed by atoms with van der Waals surface area (Å²) in [5.74, 6) is -1.15. The number of benzene rings is 1. The molecule has 138 valence electrons. The molecule has 2 bridgehead atoms. The predicted molar refractivity (Wildman–Crippen MR) is 97.8 cm³/mol. The maximum atomic E-state index is 12.8. The third-order valence-electron chi connectivity index (χ3n) is 6.24. The van der Waals surface area contributed by atoms with Crippen molar-refractivity contribution in [3.8, 4) is 6.07 Å². The first-order valence-corrected chi connectivity index (χ1v) is 9.36.